The van der Waals surface area contributed by atoms with Gasteiger partial charge in [-0.1, -0.05) is 23.9 Å². The van der Waals surface area contributed by atoms with E-state index in [9.17, 15) is 9.18 Å². The molecule has 3 aromatic rings. The van der Waals surface area contributed by atoms with Gasteiger partial charge in [-0.15, -0.1) is 10.2 Å². The van der Waals surface area contributed by atoms with Crippen LogP contribution in [-0.4, -0.2) is 25.7 Å². The van der Waals surface area contributed by atoms with Gasteiger partial charge in [0.25, 0.3) is 0 Å². The quantitative estimate of drug-likeness (QED) is 0.686. The van der Waals surface area contributed by atoms with Gasteiger partial charge in [0.2, 0.25) is 5.91 Å². The fourth-order valence-corrected chi connectivity index (χ4v) is 3.46. The van der Waals surface area contributed by atoms with Gasteiger partial charge in [-0.3, -0.25) is 9.78 Å². The minimum atomic E-state index is -0.680. The summed E-state index contributed by atoms with van der Waals surface area (Å²) in [5.41, 5.74) is 7.05. The number of aromatic nitrogens is 4. The summed E-state index contributed by atoms with van der Waals surface area (Å²) in [5, 5.41) is 8.32. The van der Waals surface area contributed by atoms with Crippen LogP contribution in [-0.2, 0) is 11.3 Å². The van der Waals surface area contributed by atoms with E-state index in [2.05, 4.69) is 15.2 Å². The molecule has 0 aliphatic carbocycles. The van der Waals surface area contributed by atoms with Crippen LogP contribution in [0.25, 0.3) is 11.4 Å². The zero-order chi connectivity index (χ0) is 17.8. The maximum Gasteiger partial charge on any atom is 0.235 e. The first kappa shape index (κ1) is 17.1. The first-order valence-electron chi connectivity index (χ1n) is 7.65. The summed E-state index contributed by atoms with van der Waals surface area (Å²) in [6.45, 7) is 2.59. The van der Waals surface area contributed by atoms with Crippen molar-refractivity contribution < 1.29 is 9.18 Å². The smallest absolute Gasteiger partial charge is 0.235 e. The molecular formula is C17H16FN5OS. The number of rotatable bonds is 6. The summed E-state index contributed by atoms with van der Waals surface area (Å²) in [7, 11) is 0. The molecule has 25 heavy (non-hydrogen) atoms. The molecule has 0 aliphatic rings. The molecule has 8 heteroatoms. The highest BCUT2D eigenvalue weighted by Crippen LogP contribution is 2.35. The molecule has 0 fully saturated rings. The second kappa shape index (κ2) is 7.43. The molecular weight excluding hydrogens is 341 g/mol. The molecule has 2 N–H and O–H groups in total. The number of primary amides is 1. The van der Waals surface area contributed by atoms with E-state index < -0.39 is 11.2 Å². The summed E-state index contributed by atoms with van der Waals surface area (Å²) < 4.78 is 15.0. The predicted octanol–water partition coefficient (Wildman–Crippen LogP) is 2.82. The number of amides is 1. The molecule has 0 saturated carbocycles. The summed E-state index contributed by atoms with van der Waals surface area (Å²) in [4.78, 5) is 15.9. The highest BCUT2D eigenvalue weighted by atomic mass is 32.2. The number of carbonyl (C=O) groups excluding carboxylic acids is 1. The molecule has 128 valence electrons. The Morgan fingerprint density at radius 2 is 1.88 bits per heavy atom. The highest BCUT2D eigenvalue weighted by molar-refractivity contribution is 8.00. The van der Waals surface area contributed by atoms with Crippen LogP contribution in [0.5, 0.6) is 0 Å². The second-order valence-electron chi connectivity index (χ2n) is 5.24. The van der Waals surface area contributed by atoms with Gasteiger partial charge in [-0.25, -0.2) is 4.39 Å². The van der Waals surface area contributed by atoms with E-state index in [-0.39, 0.29) is 5.82 Å². The van der Waals surface area contributed by atoms with E-state index in [4.69, 9.17) is 5.73 Å². The maximum absolute atomic E-state index is 13.1. The van der Waals surface area contributed by atoms with Gasteiger partial charge in [0, 0.05) is 24.5 Å². The van der Waals surface area contributed by atoms with Crippen molar-refractivity contribution in [3.8, 4) is 11.4 Å². The number of pyridine rings is 1. The minimum Gasteiger partial charge on any atom is -0.368 e. The zero-order valence-electron chi connectivity index (χ0n) is 13.5. The van der Waals surface area contributed by atoms with E-state index in [1.54, 1.807) is 24.5 Å². The van der Waals surface area contributed by atoms with E-state index in [1.165, 1.54) is 23.9 Å². The van der Waals surface area contributed by atoms with Crippen LogP contribution in [0.2, 0.25) is 0 Å². The van der Waals surface area contributed by atoms with E-state index >= 15 is 0 Å². The van der Waals surface area contributed by atoms with Gasteiger partial charge < -0.3 is 10.3 Å². The first-order valence-corrected chi connectivity index (χ1v) is 8.53. The van der Waals surface area contributed by atoms with Crippen molar-refractivity contribution in [2.75, 3.05) is 0 Å². The van der Waals surface area contributed by atoms with Gasteiger partial charge in [0.1, 0.15) is 11.1 Å². The number of benzene rings is 1. The molecule has 1 atom stereocenters. The molecule has 6 nitrogen and oxygen atoms in total. The Hall–Kier alpha value is -2.74. The third-order valence-electron chi connectivity index (χ3n) is 3.63. The lowest BCUT2D eigenvalue weighted by molar-refractivity contribution is -0.117. The molecule has 1 amide bonds. The third-order valence-corrected chi connectivity index (χ3v) is 4.88. The Labute approximate surface area is 148 Å². The Morgan fingerprint density at radius 3 is 2.48 bits per heavy atom. The largest absolute Gasteiger partial charge is 0.368 e. The van der Waals surface area contributed by atoms with Crippen LogP contribution in [0, 0.1) is 5.82 Å². The SMILES string of the molecule is CCn1c(S[C@H](C(N)=O)c2ccc(F)cc2)nnc1-c1ccncc1. The Bertz CT molecular complexity index is 867. The van der Waals surface area contributed by atoms with Crippen molar-refractivity contribution >= 4 is 17.7 Å². The summed E-state index contributed by atoms with van der Waals surface area (Å²) in [6.07, 6.45) is 3.36. The monoisotopic (exact) mass is 357 g/mol. The number of carbonyl (C=O) groups is 1. The van der Waals surface area contributed by atoms with E-state index in [0.29, 0.717) is 23.1 Å². The molecule has 0 saturated heterocycles. The van der Waals surface area contributed by atoms with Crippen LogP contribution >= 0.6 is 11.8 Å². The average Bonchev–Trinajstić information content (AvgIpc) is 3.04. The fraction of sp³-hybridized carbons (Fsp3) is 0.176. The fourth-order valence-electron chi connectivity index (χ4n) is 2.41. The third kappa shape index (κ3) is 3.69. The molecule has 0 spiro atoms. The molecule has 0 aliphatic heterocycles. The van der Waals surface area contributed by atoms with Gasteiger partial charge >= 0.3 is 0 Å². The first-order chi connectivity index (χ1) is 12.1. The molecule has 1 aromatic carbocycles. The topological polar surface area (TPSA) is 86.7 Å². The molecule has 0 bridgehead atoms. The lowest BCUT2D eigenvalue weighted by Gasteiger charge is -2.14. The van der Waals surface area contributed by atoms with Crippen molar-refractivity contribution in [3.05, 3.63) is 60.2 Å². The number of thioether (sulfide) groups is 1. The van der Waals surface area contributed by atoms with Crippen LogP contribution in [0.3, 0.4) is 0 Å². The Balaban J connectivity index is 1.94. The van der Waals surface area contributed by atoms with Crippen molar-refractivity contribution in [1.82, 2.24) is 19.7 Å². The number of halogens is 1. The lowest BCUT2D eigenvalue weighted by Crippen LogP contribution is -2.19. The predicted molar refractivity (Wildman–Crippen MR) is 93.1 cm³/mol. The zero-order valence-corrected chi connectivity index (χ0v) is 14.3. The van der Waals surface area contributed by atoms with Crippen LogP contribution in [0.15, 0.2) is 53.9 Å². The molecule has 0 unspecified atom stereocenters. The van der Waals surface area contributed by atoms with Crippen LogP contribution in [0.1, 0.15) is 17.7 Å². The number of nitrogens with zero attached hydrogens (tertiary/aromatic N) is 4. The van der Waals surface area contributed by atoms with E-state index in [1.807, 2.05) is 23.6 Å². The second-order valence-corrected chi connectivity index (χ2v) is 6.31. The van der Waals surface area contributed by atoms with E-state index in [0.717, 1.165) is 5.56 Å². The lowest BCUT2D eigenvalue weighted by atomic mass is 10.1. The average molecular weight is 357 g/mol. The van der Waals surface area contributed by atoms with Crippen molar-refractivity contribution in [1.29, 1.82) is 0 Å². The highest BCUT2D eigenvalue weighted by Gasteiger charge is 2.23. The Kier molecular flexibility index (Phi) is 5.08. The Morgan fingerprint density at radius 1 is 1.20 bits per heavy atom. The van der Waals surface area contributed by atoms with Crippen molar-refractivity contribution in [3.63, 3.8) is 0 Å². The maximum atomic E-state index is 13.1. The van der Waals surface area contributed by atoms with Crippen LogP contribution < -0.4 is 5.73 Å². The number of hydrogen-bond acceptors (Lipinski definition) is 5. The summed E-state index contributed by atoms with van der Waals surface area (Å²) >= 11 is 1.20. The number of hydrogen-bond donors (Lipinski definition) is 1. The van der Waals surface area contributed by atoms with Gasteiger partial charge in [0.15, 0.2) is 11.0 Å². The van der Waals surface area contributed by atoms with Crippen molar-refractivity contribution in [2.45, 2.75) is 23.9 Å². The molecule has 2 heterocycles. The number of nitrogens with two attached hydrogens (primary N) is 1. The van der Waals surface area contributed by atoms with Gasteiger partial charge in [-0.05, 0) is 36.8 Å². The van der Waals surface area contributed by atoms with Crippen molar-refractivity contribution in [2.24, 2.45) is 5.73 Å². The standard InChI is InChI=1S/C17H16FN5OS/c1-2-23-16(12-7-9-20-10-8-12)21-22-17(23)25-14(15(19)24)11-3-5-13(18)6-4-11/h3-10,14H,2H2,1H3,(H2,19,24)/t14-/m0/s1. The molecule has 0 radical (unpaired) electrons. The minimum absolute atomic E-state index is 0.367. The normalized spacial score (nSPS) is 12.1. The van der Waals surface area contributed by atoms with Crippen LogP contribution in [0.4, 0.5) is 4.39 Å². The summed E-state index contributed by atoms with van der Waals surface area (Å²) in [5.74, 6) is -0.198. The van der Waals surface area contributed by atoms with Gasteiger partial charge in [0.05, 0.1) is 0 Å². The molecule has 2 aromatic heterocycles. The summed E-state index contributed by atoms with van der Waals surface area (Å²) in [6, 6.07) is 9.40. The molecule has 3 rings (SSSR count). The van der Waals surface area contributed by atoms with Gasteiger partial charge in [-0.2, -0.15) is 0 Å².